The fraction of sp³-hybridized carbons (Fsp3) is 0.636. The van der Waals surface area contributed by atoms with Crippen molar-refractivity contribution in [3.05, 3.63) is 41.5 Å². The molecule has 0 fully saturated rings. The molecule has 0 heterocycles. The summed E-state index contributed by atoms with van der Waals surface area (Å²) in [5, 5.41) is 0. The summed E-state index contributed by atoms with van der Waals surface area (Å²) >= 11 is -2.99. The van der Waals surface area contributed by atoms with Gasteiger partial charge in [-0.3, -0.25) is 0 Å². The molecule has 0 nitrogen and oxygen atoms in total. The van der Waals surface area contributed by atoms with E-state index in [1.165, 1.54) is 44.9 Å². The molecule has 0 aromatic heterocycles. The predicted octanol–water partition coefficient (Wildman–Crippen LogP) is 6.76. The standard InChI is InChI=1S/C15H25.C5H5.2CH3.H2Si.Zr/c1-5-7-9-14-12(3)11-13(4)15(14)10-8-6-2;1-2-4-5-3-1;;;;/h12H,5-10H2,1-4H3;1-3H,4H2;2*1H3;1H2;. The van der Waals surface area contributed by atoms with E-state index in [2.05, 4.69) is 62.1 Å². The van der Waals surface area contributed by atoms with Gasteiger partial charge in [-0.15, -0.1) is 0 Å². The summed E-state index contributed by atoms with van der Waals surface area (Å²) in [5.74, 6) is 0.697. The average molecular weight is 422 g/mol. The van der Waals surface area contributed by atoms with Gasteiger partial charge in [-0.2, -0.15) is 0 Å². The second-order valence-corrected chi connectivity index (χ2v) is 37.6. The molecule has 2 heteroatoms. The van der Waals surface area contributed by atoms with Gasteiger partial charge < -0.3 is 0 Å². The molecule has 0 bridgehead atoms. The Morgan fingerprint density at radius 1 is 1.12 bits per heavy atom. The third kappa shape index (κ3) is 3.75. The van der Waals surface area contributed by atoms with Gasteiger partial charge >= 0.3 is 154 Å². The molecule has 0 N–H and O–H groups in total. The van der Waals surface area contributed by atoms with Crippen LogP contribution < -0.4 is 0 Å². The fourth-order valence-electron chi connectivity index (χ4n) is 5.11. The van der Waals surface area contributed by atoms with E-state index in [1.807, 2.05) is 3.28 Å². The van der Waals surface area contributed by atoms with Gasteiger partial charge in [0.25, 0.3) is 0 Å². The third-order valence-electron chi connectivity index (χ3n) is 6.44. The molecule has 2 aliphatic carbocycles. The molecule has 1 atom stereocenters. The van der Waals surface area contributed by atoms with E-state index in [4.69, 9.17) is 0 Å². The number of hydrogen-bond acceptors (Lipinski definition) is 0. The number of unbranched alkanes of at least 4 members (excludes halogenated alkanes) is 2. The van der Waals surface area contributed by atoms with Gasteiger partial charge in [0, 0.05) is 0 Å². The van der Waals surface area contributed by atoms with Crippen molar-refractivity contribution in [1.29, 1.82) is 0 Å². The molecule has 0 radical (unpaired) electrons. The van der Waals surface area contributed by atoms with Crippen molar-refractivity contribution >= 4 is 6.88 Å². The molecule has 2 aliphatic rings. The summed E-state index contributed by atoms with van der Waals surface area (Å²) in [5.41, 5.74) is 5.27. The molecule has 0 aromatic carbocycles. The summed E-state index contributed by atoms with van der Waals surface area (Å²) in [6.07, 6.45) is 16.3. The monoisotopic (exact) mass is 420 g/mol. The van der Waals surface area contributed by atoms with Gasteiger partial charge in [-0.05, 0) is 0 Å². The first kappa shape index (κ1) is 20.4. The van der Waals surface area contributed by atoms with E-state index in [1.54, 1.807) is 20.0 Å². The molecular formula is C22H38SiZr. The molecule has 0 spiro atoms. The molecule has 0 saturated carbocycles. The molecule has 2 rings (SSSR count). The first-order chi connectivity index (χ1) is 11.2. The van der Waals surface area contributed by atoms with Gasteiger partial charge in [-0.25, -0.2) is 0 Å². The number of hydrogen-bond donors (Lipinski definition) is 0. The summed E-state index contributed by atoms with van der Waals surface area (Å²) in [6.45, 7) is 12.1. The van der Waals surface area contributed by atoms with Crippen LogP contribution in [0.15, 0.2) is 41.5 Å². The molecule has 0 saturated heterocycles. The van der Waals surface area contributed by atoms with Crippen LogP contribution in [0.25, 0.3) is 0 Å². The van der Waals surface area contributed by atoms with Gasteiger partial charge in [0.1, 0.15) is 0 Å². The Bertz CT molecular complexity index is 679. The van der Waals surface area contributed by atoms with E-state index in [0.29, 0.717) is 5.92 Å². The van der Waals surface area contributed by atoms with Crippen molar-refractivity contribution in [3.63, 3.8) is 0 Å². The molecule has 134 valence electrons. The SMILES string of the molecule is CCCCC1=C(CCCC)C(C)[C]([Zr]([CH3])([CH3])(=[SiH2])[C]2=CC=CC2)=C1C. The molecule has 0 aromatic rings. The molecule has 0 amide bonds. The Morgan fingerprint density at radius 3 is 2.29 bits per heavy atom. The van der Waals surface area contributed by atoms with Gasteiger partial charge in [0.05, 0.1) is 0 Å². The Morgan fingerprint density at radius 2 is 1.75 bits per heavy atom. The van der Waals surface area contributed by atoms with Gasteiger partial charge in [-0.1, -0.05) is 0 Å². The Hall–Kier alpha value is 0.0600. The van der Waals surface area contributed by atoms with E-state index in [-0.39, 0.29) is 0 Å². The van der Waals surface area contributed by atoms with E-state index >= 15 is 0 Å². The molecular weight excluding hydrogens is 384 g/mol. The van der Waals surface area contributed by atoms with E-state index in [9.17, 15) is 0 Å². The minimum absolute atomic E-state index is 0.697. The molecule has 1 unspecified atom stereocenters. The van der Waals surface area contributed by atoms with Crippen LogP contribution in [0.3, 0.4) is 0 Å². The van der Waals surface area contributed by atoms with Crippen LogP contribution >= 0.6 is 0 Å². The van der Waals surface area contributed by atoms with Crippen molar-refractivity contribution in [2.75, 3.05) is 0 Å². The quantitative estimate of drug-likeness (QED) is 0.379. The van der Waals surface area contributed by atoms with Crippen LogP contribution in [0.2, 0.25) is 9.26 Å². The van der Waals surface area contributed by atoms with Crippen LogP contribution in [0.5, 0.6) is 0 Å². The average Bonchev–Trinajstić information content (AvgIpc) is 3.11. The maximum atomic E-state index is 2.69. The number of allylic oxidation sites excluding steroid dienone is 8. The molecule has 0 aliphatic heterocycles. The van der Waals surface area contributed by atoms with Crippen molar-refractivity contribution in [2.24, 2.45) is 5.92 Å². The van der Waals surface area contributed by atoms with Crippen LogP contribution in [0.4, 0.5) is 0 Å². The molecule has 24 heavy (non-hydrogen) atoms. The first-order valence-corrected chi connectivity index (χ1v) is 23.4. The van der Waals surface area contributed by atoms with E-state index < -0.39 is 17.4 Å². The third-order valence-corrected chi connectivity index (χ3v) is 23.6. The zero-order chi connectivity index (χ0) is 18.0. The fourth-order valence-corrected chi connectivity index (χ4v) is 21.5. The van der Waals surface area contributed by atoms with E-state index in [0.717, 1.165) is 0 Å². The van der Waals surface area contributed by atoms with Crippen molar-refractivity contribution < 1.29 is 17.4 Å². The van der Waals surface area contributed by atoms with Crippen LogP contribution in [-0.4, -0.2) is 6.88 Å². The van der Waals surface area contributed by atoms with Crippen LogP contribution in [0.1, 0.15) is 72.6 Å². The topological polar surface area (TPSA) is 0 Å². The summed E-state index contributed by atoms with van der Waals surface area (Å²) in [7, 11) is 0. The Labute approximate surface area is 153 Å². The van der Waals surface area contributed by atoms with Gasteiger partial charge in [0.15, 0.2) is 0 Å². The predicted molar refractivity (Wildman–Crippen MR) is 110 cm³/mol. The van der Waals surface area contributed by atoms with Crippen LogP contribution in [0, 0.1) is 5.92 Å². The zero-order valence-electron chi connectivity index (χ0n) is 17.0. The second-order valence-electron chi connectivity index (χ2n) is 8.98. The summed E-state index contributed by atoms with van der Waals surface area (Å²) < 4.78 is 9.08. The normalized spacial score (nSPS) is 22.0. The minimum atomic E-state index is -2.99. The van der Waals surface area contributed by atoms with Crippen molar-refractivity contribution in [1.82, 2.24) is 0 Å². The van der Waals surface area contributed by atoms with Crippen molar-refractivity contribution in [3.8, 4) is 0 Å². The first-order valence-electron chi connectivity index (χ1n) is 10.1. The summed E-state index contributed by atoms with van der Waals surface area (Å²) in [4.78, 5) is 0. The Kier molecular flexibility index (Phi) is 6.58. The maximum absolute atomic E-state index is 2.99. The number of rotatable bonds is 8. The second kappa shape index (κ2) is 7.75. The van der Waals surface area contributed by atoms with Gasteiger partial charge in [0.2, 0.25) is 0 Å². The summed E-state index contributed by atoms with van der Waals surface area (Å²) in [6, 6.07) is 0. The Balaban J connectivity index is 2.48. The zero-order valence-corrected chi connectivity index (χ0v) is 20.8. The van der Waals surface area contributed by atoms with Crippen LogP contribution in [-0.2, 0) is 17.4 Å². The van der Waals surface area contributed by atoms with Crippen molar-refractivity contribution in [2.45, 2.75) is 81.9 Å².